The molecule has 0 bridgehead atoms. The van der Waals surface area contributed by atoms with Gasteiger partial charge in [-0.1, -0.05) is 30.9 Å². The fourth-order valence-electron chi connectivity index (χ4n) is 2.83. The number of nitrogens with zero attached hydrogens (tertiary/aromatic N) is 5. The summed E-state index contributed by atoms with van der Waals surface area (Å²) >= 11 is 5.84. The maximum absolute atomic E-state index is 11.0. The molecule has 0 saturated heterocycles. The van der Waals surface area contributed by atoms with Crippen LogP contribution in [-0.2, 0) is 6.54 Å². The lowest BCUT2D eigenvalue weighted by atomic mass is 9.95. The van der Waals surface area contributed by atoms with Gasteiger partial charge in [-0.05, 0) is 35.4 Å². The van der Waals surface area contributed by atoms with E-state index in [1.165, 1.54) is 36.1 Å². The van der Waals surface area contributed by atoms with Gasteiger partial charge in [-0.2, -0.15) is 4.68 Å². The number of halogens is 1. The fourth-order valence-corrected chi connectivity index (χ4v) is 3.02. The molecule has 0 spiro atoms. The average molecular weight is 337 g/mol. The lowest BCUT2D eigenvalue weighted by Crippen LogP contribution is -2.31. The van der Waals surface area contributed by atoms with E-state index in [0.717, 1.165) is 12.8 Å². The second-order valence-electron chi connectivity index (χ2n) is 5.62. The van der Waals surface area contributed by atoms with Crippen molar-refractivity contribution in [2.24, 2.45) is 0 Å². The molecule has 1 aromatic carbocycles. The van der Waals surface area contributed by atoms with Crippen LogP contribution < -0.4 is 5.32 Å². The van der Waals surface area contributed by atoms with Crippen LogP contribution in [0.25, 0.3) is 5.69 Å². The highest BCUT2D eigenvalue weighted by molar-refractivity contribution is 6.32. The summed E-state index contributed by atoms with van der Waals surface area (Å²) in [7, 11) is 0. The minimum Gasteiger partial charge on any atom is -0.307 e. The van der Waals surface area contributed by atoms with Crippen LogP contribution in [0.1, 0.15) is 37.9 Å². The minimum absolute atomic E-state index is 0.0914. The first-order valence-electron chi connectivity index (χ1n) is 7.60. The molecule has 23 heavy (non-hydrogen) atoms. The topological polar surface area (TPSA) is 98.8 Å². The number of tetrazole rings is 1. The van der Waals surface area contributed by atoms with E-state index in [4.69, 9.17) is 11.6 Å². The van der Waals surface area contributed by atoms with Crippen molar-refractivity contribution in [3.63, 3.8) is 0 Å². The third kappa shape index (κ3) is 3.65. The quantitative estimate of drug-likeness (QED) is 0.665. The van der Waals surface area contributed by atoms with Crippen molar-refractivity contribution in [3.8, 4) is 5.69 Å². The molecule has 8 nitrogen and oxygen atoms in total. The minimum atomic E-state index is -0.518. The van der Waals surface area contributed by atoms with Crippen LogP contribution in [0.15, 0.2) is 18.2 Å². The summed E-state index contributed by atoms with van der Waals surface area (Å²) in [5, 5.41) is 26.2. The summed E-state index contributed by atoms with van der Waals surface area (Å²) in [5.74, 6) is 0.618. The van der Waals surface area contributed by atoms with Crippen LogP contribution in [0.3, 0.4) is 0 Å². The van der Waals surface area contributed by atoms with Crippen LogP contribution >= 0.6 is 11.6 Å². The first-order chi connectivity index (χ1) is 11.1. The SMILES string of the molecule is O=[N+]([O-])c1cc(-n2nnnc2CNC2CCCCC2)ccc1Cl. The van der Waals surface area contributed by atoms with Crippen molar-refractivity contribution in [2.45, 2.75) is 44.7 Å². The Morgan fingerprint density at radius 3 is 2.87 bits per heavy atom. The summed E-state index contributed by atoms with van der Waals surface area (Å²) in [6.07, 6.45) is 6.10. The Morgan fingerprint density at radius 2 is 2.13 bits per heavy atom. The Kier molecular flexibility index (Phi) is 4.82. The van der Waals surface area contributed by atoms with Gasteiger partial charge in [0.15, 0.2) is 5.82 Å². The summed E-state index contributed by atoms with van der Waals surface area (Å²) in [4.78, 5) is 10.5. The Hall–Kier alpha value is -2.06. The molecule has 3 rings (SSSR count). The van der Waals surface area contributed by atoms with Gasteiger partial charge in [0.2, 0.25) is 0 Å². The fraction of sp³-hybridized carbons (Fsp3) is 0.500. The van der Waals surface area contributed by atoms with Gasteiger partial charge in [0, 0.05) is 12.1 Å². The maximum Gasteiger partial charge on any atom is 0.290 e. The summed E-state index contributed by atoms with van der Waals surface area (Å²) in [5.41, 5.74) is 0.359. The van der Waals surface area contributed by atoms with Gasteiger partial charge in [-0.15, -0.1) is 5.10 Å². The summed E-state index contributed by atoms with van der Waals surface area (Å²) in [6, 6.07) is 5.00. The van der Waals surface area contributed by atoms with E-state index in [9.17, 15) is 10.1 Å². The van der Waals surface area contributed by atoms with Crippen LogP contribution in [0.4, 0.5) is 5.69 Å². The molecular weight excluding hydrogens is 320 g/mol. The number of rotatable bonds is 5. The number of nitro groups is 1. The number of hydrogen-bond acceptors (Lipinski definition) is 6. The van der Waals surface area contributed by atoms with E-state index >= 15 is 0 Å². The predicted molar refractivity (Wildman–Crippen MR) is 84.5 cm³/mol. The summed E-state index contributed by atoms with van der Waals surface area (Å²) < 4.78 is 1.50. The van der Waals surface area contributed by atoms with E-state index in [1.54, 1.807) is 6.07 Å². The van der Waals surface area contributed by atoms with Crippen molar-refractivity contribution in [1.29, 1.82) is 0 Å². The first kappa shape index (κ1) is 15.8. The van der Waals surface area contributed by atoms with Crippen LogP contribution in [0.2, 0.25) is 5.02 Å². The molecule has 0 atom stereocenters. The molecule has 1 aromatic heterocycles. The average Bonchev–Trinajstić information content (AvgIpc) is 3.02. The Balaban J connectivity index is 1.77. The molecule has 0 radical (unpaired) electrons. The Bertz CT molecular complexity index is 698. The molecule has 122 valence electrons. The molecule has 1 aliphatic carbocycles. The van der Waals surface area contributed by atoms with Crippen molar-refractivity contribution in [2.75, 3.05) is 0 Å². The zero-order valence-corrected chi connectivity index (χ0v) is 13.2. The predicted octanol–water partition coefficient (Wildman–Crippen LogP) is 2.65. The van der Waals surface area contributed by atoms with Gasteiger partial charge in [0.05, 0.1) is 17.2 Å². The van der Waals surface area contributed by atoms with E-state index in [0.29, 0.717) is 24.1 Å². The van der Waals surface area contributed by atoms with Gasteiger partial charge >= 0.3 is 0 Å². The molecule has 1 aliphatic rings. The maximum atomic E-state index is 11.0. The van der Waals surface area contributed by atoms with Gasteiger partial charge in [-0.25, -0.2) is 0 Å². The van der Waals surface area contributed by atoms with E-state index < -0.39 is 4.92 Å². The third-order valence-electron chi connectivity index (χ3n) is 4.06. The zero-order valence-electron chi connectivity index (χ0n) is 12.5. The molecule has 1 N–H and O–H groups in total. The van der Waals surface area contributed by atoms with Gasteiger partial charge in [0.1, 0.15) is 5.02 Å². The molecule has 0 amide bonds. The van der Waals surface area contributed by atoms with Crippen LogP contribution in [0, 0.1) is 10.1 Å². The Morgan fingerprint density at radius 1 is 1.35 bits per heavy atom. The van der Waals surface area contributed by atoms with Crippen LogP contribution in [-0.4, -0.2) is 31.2 Å². The number of aromatic nitrogens is 4. The largest absolute Gasteiger partial charge is 0.307 e. The standard InChI is InChI=1S/C14H17ClN6O2/c15-12-7-6-11(8-13(12)21(22)23)20-14(17-18-19-20)9-16-10-4-2-1-3-5-10/h6-8,10,16H,1-5,9H2. The highest BCUT2D eigenvalue weighted by Crippen LogP contribution is 2.26. The normalized spacial score (nSPS) is 15.7. The number of nitrogens with one attached hydrogen (secondary N) is 1. The molecule has 1 fully saturated rings. The highest BCUT2D eigenvalue weighted by atomic mass is 35.5. The lowest BCUT2D eigenvalue weighted by molar-refractivity contribution is -0.384. The lowest BCUT2D eigenvalue weighted by Gasteiger charge is -2.22. The van der Waals surface area contributed by atoms with Gasteiger partial charge in [0.25, 0.3) is 5.69 Å². The zero-order chi connectivity index (χ0) is 16.2. The van der Waals surface area contributed by atoms with Crippen molar-refractivity contribution in [1.82, 2.24) is 25.5 Å². The monoisotopic (exact) mass is 336 g/mol. The van der Waals surface area contributed by atoms with Crippen molar-refractivity contribution < 1.29 is 4.92 Å². The van der Waals surface area contributed by atoms with Gasteiger partial charge in [-0.3, -0.25) is 10.1 Å². The number of benzene rings is 1. The van der Waals surface area contributed by atoms with Crippen LogP contribution in [0.5, 0.6) is 0 Å². The number of nitro benzene ring substituents is 1. The Labute approximate surface area is 138 Å². The van der Waals surface area contributed by atoms with Gasteiger partial charge < -0.3 is 5.32 Å². The molecule has 9 heteroatoms. The third-order valence-corrected chi connectivity index (χ3v) is 4.38. The first-order valence-corrected chi connectivity index (χ1v) is 7.98. The molecule has 1 heterocycles. The van der Waals surface area contributed by atoms with Crippen molar-refractivity contribution in [3.05, 3.63) is 39.2 Å². The molecule has 2 aromatic rings. The smallest absolute Gasteiger partial charge is 0.290 e. The highest BCUT2D eigenvalue weighted by Gasteiger charge is 2.18. The summed E-state index contributed by atoms with van der Waals surface area (Å²) in [6.45, 7) is 0.522. The second-order valence-corrected chi connectivity index (χ2v) is 6.02. The van der Waals surface area contributed by atoms with E-state index in [-0.39, 0.29) is 10.7 Å². The molecule has 0 unspecified atom stereocenters. The molecule has 0 aliphatic heterocycles. The van der Waals surface area contributed by atoms with E-state index in [2.05, 4.69) is 20.8 Å². The second kappa shape index (κ2) is 7.01. The van der Waals surface area contributed by atoms with E-state index in [1.807, 2.05) is 0 Å². The van der Waals surface area contributed by atoms with Crippen molar-refractivity contribution >= 4 is 17.3 Å². The number of hydrogen-bond donors (Lipinski definition) is 1. The molecular formula is C14H17ClN6O2. The molecule has 1 saturated carbocycles.